The average Bonchev–Trinajstić information content (AvgIpc) is 2.28. The first-order chi connectivity index (χ1) is 7.83. The Kier molecular flexibility index (Phi) is 22.1. The number of isocyanates is 1. The SMILES string of the molecule is CCCCCCCCCCCCC.N=C=O. The molecule has 0 unspecified atom stereocenters. The number of hydrogen-bond acceptors (Lipinski definition) is 2. The molecule has 0 spiro atoms. The summed E-state index contributed by atoms with van der Waals surface area (Å²) in [7, 11) is 0. The van der Waals surface area contributed by atoms with E-state index < -0.39 is 0 Å². The van der Waals surface area contributed by atoms with Gasteiger partial charge in [-0.1, -0.05) is 84.5 Å². The highest BCUT2D eigenvalue weighted by molar-refractivity contribution is 5.26. The van der Waals surface area contributed by atoms with Crippen molar-refractivity contribution in [3.8, 4) is 0 Å². The van der Waals surface area contributed by atoms with E-state index in [0.29, 0.717) is 0 Å². The van der Waals surface area contributed by atoms with Gasteiger partial charge in [0.2, 0.25) is 6.08 Å². The van der Waals surface area contributed by atoms with Gasteiger partial charge in [0.25, 0.3) is 0 Å². The fourth-order valence-electron chi connectivity index (χ4n) is 1.74. The van der Waals surface area contributed by atoms with Crippen molar-refractivity contribution >= 4 is 6.08 Å². The van der Waals surface area contributed by atoms with E-state index in [9.17, 15) is 0 Å². The van der Waals surface area contributed by atoms with Crippen LogP contribution in [0.5, 0.6) is 0 Å². The fraction of sp³-hybridized carbons (Fsp3) is 0.929. The minimum absolute atomic E-state index is 0.750. The van der Waals surface area contributed by atoms with Crippen LogP contribution >= 0.6 is 0 Å². The summed E-state index contributed by atoms with van der Waals surface area (Å²) in [5, 5.41) is 5.40. The second-order valence-corrected chi connectivity index (χ2v) is 4.28. The van der Waals surface area contributed by atoms with Gasteiger partial charge in [-0.15, -0.1) is 0 Å². The molecule has 96 valence electrons. The Morgan fingerprint density at radius 1 is 0.688 bits per heavy atom. The van der Waals surface area contributed by atoms with Gasteiger partial charge in [0.1, 0.15) is 0 Å². The van der Waals surface area contributed by atoms with Crippen molar-refractivity contribution in [3.05, 3.63) is 0 Å². The normalized spacial score (nSPS) is 9.12. The first kappa shape index (κ1) is 17.8. The third-order valence-corrected chi connectivity index (χ3v) is 2.71. The van der Waals surface area contributed by atoms with Crippen molar-refractivity contribution in [2.24, 2.45) is 0 Å². The molecule has 2 heteroatoms. The second kappa shape index (κ2) is 19.9. The molecule has 0 fully saturated rings. The van der Waals surface area contributed by atoms with Crippen LogP contribution in [0, 0.1) is 5.41 Å². The van der Waals surface area contributed by atoms with Gasteiger partial charge >= 0.3 is 0 Å². The minimum Gasteiger partial charge on any atom is -0.222 e. The summed E-state index contributed by atoms with van der Waals surface area (Å²) in [5.41, 5.74) is 0. The summed E-state index contributed by atoms with van der Waals surface area (Å²) in [4.78, 5) is 8.35. The molecule has 16 heavy (non-hydrogen) atoms. The van der Waals surface area contributed by atoms with Crippen LogP contribution < -0.4 is 0 Å². The smallest absolute Gasteiger partial charge is 0.222 e. The zero-order valence-electron chi connectivity index (χ0n) is 11.2. The van der Waals surface area contributed by atoms with Gasteiger partial charge in [0.05, 0.1) is 0 Å². The summed E-state index contributed by atoms with van der Waals surface area (Å²) in [6, 6.07) is 0. The molecular formula is C14H29NO. The van der Waals surface area contributed by atoms with Crippen LogP contribution in [0.25, 0.3) is 0 Å². The highest BCUT2D eigenvalue weighted by atomic mass is 16.1. The molecule has 0 atom stereocenters. The quantitative estimate of drug-likeness (QED) is 0.310. The lowest BCUT2D eigenvalue weighted by Gasteiger charge is -2.00. The van der Waals surface area contributed by atoms with Crippen LogP contribution in [0.4, 0.5) is 0 Å². The highest BCUT2D eigenvalue weighted by Crippen LogP contribution is 2.10. The van der Waals surface area contributed by atoms with Crippen LogP contribution in [0.15, 0.2) is 0 Å². The molecule has 2 nitrogen and oxygen atoms in total. The molecule has 0 aromatic rings. The van der Waals surface area contributed by atoms with E-state index in [1.807, 2.05) is 0 Å². The third kappa shape index (κ3) is 23.3. The largest absolute Gasteiger partial charge is 0.231 e. The maximum atomic E-state index is 8.35. The van der Waals surface area contributed by atoms with E-state index in [1.54, 1.807) is 0 Å². The zero-order valence-corrected chi connectivity index (χ0v) is 11.2. The molecule has 0 heterocycles. The predicted molar refractivity (Wildman–Crippen MR) is 70.5 cm³/mol. The maximum Gasteiger partial charge on any atom is 0.231 e. The Bertz CT molecular complexity index is 130. The molecule has 0 aliphatic heterocycles. The zero-order chi connectivity index (χ0) is 12.5. The number of nitrogens with one attached hydrogen (secondary N) is 1. The lowest BCUT2D eigenvalue weighted by Crippen LogP contribution is -1.80. The molecule has 0 saturated carbocycles. The maximum absolute atomic E-state index is 8.35. The lowest BCUT2D eigenvalue weighted by molar-refractivity contribution is 0.554. The van der Waals surface area contributed by atoms with Gasteiger partial charge in [0, 0.05) is 0 Å². The van der Waals surface area contributed by atoms with E-state index in [4.69, 9.17) is 10.2 Å². The Hall–Kier alpha value is -0.620. The van der Waals surface area contributed by atoms with Crippen LogP contribution in [0.3, 0.4) is 0 Å². The van der Waals surface area contributed by atoms with E-state index >= 15 is 0 Å². The van der Waals surface area contributed by atoms with Crippen molar-refractivity contribution in [3.63, 3.8) is 0 Å². The Morgan fingerprint density at radius 2 is 0.875 bits per heavy atom. The molecule has 0 amide bonds. The molecule has 0 saturated heterocycles. The van der Waals surface area contributed by atoms with Crippen LogP contribution in [-0.2, 0) is 4.79 Å². The predicted octanol–water partition coefficient (Wildman–Crippen LogP) is 5.22. The molecule has 0 rings (SSSR count). The summed E-state index contributed by atoms with van der Waals surface area (Å²) in [6.07, 6.45) is 16.7. The van der Waals surface area contributed by atoms with Crippen molar-refractivity contribution in [1.29, 1.82) is 5.41 Å². The number of unbranched alkanes of at least 4 members (excludes halogenated alkanes) is 10. The Labute approximate surface area is 101 Å². The van der Waals surface area contributed by atoms with E-state index in [-0.39, 0.29) is 0 Å². The first-order valence-corrected chi connectivity index (χ1v) is 6.87. The Balaban J connectivity index is 0. The molecule has 0 aliphatic carbocycles. The molecule has 0 aliphatic rings. The Morgan fingerprint density at radius 3 is 1.06 bits per heavy atom. The van der Waals surface area contributed by atoms with Gasteiger partial charge in [-0.2, -0.15) is 0 Å². The van der Waals surface area contributed by atoms with Crippen LogP contribution in [0.2, 0.25) is 0 Å². The summed E-state index contributed by atoms with van der Waals surface area (Å²) in [5.74, 6) is 0. The monoisotopic (exact) mass is 227 g/mol. The fourth-order valence-corrected chi connectivity index (χ4v) is 1.74. The van der Waals surface area contributed by atoms with E-state index in [0.717, 1.165) is 6.08 Å². The van der Waals surface area contributed by atoms with Crippen molar-refractivity contribution in [1.82, 2.24) is 0 Å². The van der Waals surface area contributed by atoms with E-state index in [1.165, 1.54) is 70.6 Å². The summed E-state index contributed by atoms with van der Waals surface area (Å²) in [6.45, 7) is 4.56. The van der Waals surface area contributed by atoms with Gasteiger partial charge in [-0.3, -0.25) is 0 Å². The summed E-state index contributed by atoms with van der Waals surface area (Å²) >= 11 is 0. The second-order valence-electron chi connectivity index (χ2n) is 4.28. The molecule has 0 bridgehead atoms. The van der Waals surface area contributed by atoms with Crippen LogP contribution in [0.1, 0.15) is 84.5 Å². The van der Waals surface area contributed by atoms with Gasteiger partial charge in [-0.25, -0.2) is 10.2 Å². The number of hydrogen-bond donors (Lipinski definition) is 1. The molecule has 0 aromatic carbocycles. The molecule has 0 aromatic heterocycles. The summed E-state index contributed by atoms with van der Waals surface area (Å²) < 4.78 is 0. The van der Waals surface area contributed by atoms with Gasteiger partial charge in [-0.05, 0) is 0 Å². The molecule has 0 radical (unpaired) electrons. The van der Waals surface area contributed by atoms with Crippen molar-refractivity contribution < 1.29 is 4.79 Å². The number of rotatable bonds is 10. The lowest BCUT2D eigenvalue weighted by atomic mass is 10.1. The highest BCUT2D eigenvalue weighted by Gasteiger charge is 1.90. The third-order valence-electron chi connectivity index (χ3n) is 2.71. The minimum atomic E-state index is 0.750. The van der Waals surface area contributed by atoms with Crippen molar-refractivity contribution in [2.45, 2.75) is 84.5 Å². The molecule has 1 N–H and O–H groups in total. The van der Waals surface area contributed by atoms with Gasteiger partial charge in [0.15, 0.2) is 0 Å². The first-order valence-electron chi connectivity index (χ1n) is 6.87. The van der Waals surface area contributed by atoms with E-state index in [2.05, 4.69) is 13.8 Å². The number of carbonyl (C=O) groups excluding carboxylic acids is 1. The van der Waals surface area contributed by atoms with Crippen molar-refractivity contribution in [2.75, 3.05) is 0 Å². The topological polar surface area (TPSA) is 40.9 Å². The average molecular weight is 227 g/mol. The molecular weight excluding hydrogens is 198 g/mol. The van der Waals surface area contributed by atoms with Crippen LogP contribution in [-0.4, -0.2) is 6.08 Å². The standard InChI is InChI=1S/C13H28.CHNO/c1-3-5-7-9-11-13-12-10-8-6-4-2;2-1-3/h3-13H2,1-2H3;2H. The van der Waals surface area contributed by atoms with Gasteiger partial charge < -0.3 is 0 Å².